The fourth-order valence-corrected chi connectivity index (χ4v) is 2.79. The molecule has 1 heterocycles. The highest BCUT2D eigenvalue weighted by atomic mass is 19.1. The van der Waals surface area contributed by atoms with Crippen molar-refractivity contribution < 1.29 is 18.4 Å². The molecular weight excluding hydrogens is 359 g/mol. The Morgan fingerprint density at radius 3 is 2.68 bits per heavy atom. The van der Waals surface area contributed by atoms with Gasteiger partial charge in [-0.05, 0) is 49.6 Å². The van der Waals surface area contributed by atoms with E-state index >= 15 is 0 Å². The van der Waals surface area contributed by atoms with Crippen LogP contribution < -0.4 is 5.32 Å². The van der Waals surface area contributed by atoms with E-state index in [0.717, 1.165) is 18.4 Å². The Morgan fingerprint density at radius 1 is 1.18 bits per heavy atom. The van der Waals surface area contributed by atoms with Crippen LogP contribution in [0, 0.1) is 5.82 Å². The first kappa shape index (κ1) is 19.8. The maximum atomic E-state index is 13.0. The Hall–Kier alpha value is -2.99. The lowest BCUT2D eigenvalue weighted by Crippen LogP contribution is -2.35. The Morgan fingerprint density at radius 2 is 1.93 bits per heavy atom. The Labute approximate surface area is 163 Å². The van der Waals surface area contributed by atoms with Gasteiger partial charge in [-0.2, -0.15) is 0 Å². The average Bonchev–Trinajstić information content (AvgIpc) is 3.16. The van der Waals surface area contributed by atoms with Crippen molar-refractivity contribution in [2.24, 2.45) is 0 Å². The third-order valence-electron chi connectivity index (χ3n) is 4.29. The van der Waals surface area contributed by atoms with Crippen LogP contribution in [0.1, 0.15) is 24.6 Å². The van der Waals surface area contributed by atoms with Crippen LogP contribution in [0.3, 0.4) is 0 Å². The topological polar surface area (TPSA) is 64.4 Å². The molecule has 0 aliphatic carbocycles. The molecule has 1 amide bonds. The predicted molar refractivity (Wildman–Crippen MR) is 104 cm³/mol. The number of ether oxygens (including phenoxy) is 1. The Bertz CT molecular complexity index is 878. The van der Waals surface area contributed by atoms with Crippen molar-refractivity contribution in [2.75, 3.05) is 6.61 Å². The zero-order chi connectivity index (χ0) is 19.8. The smallest absolute Gasteiger partial charge is 0.246 e. The van der Waals surface area contributed by atoms with Crippen LogP contribution in [-0.4, -0.2) is 23.7 Å². The van der Waals surface area contributed by atoms with Gasteiger partial charge in [-0.15, -0.1) is 0 Å². The van der Waals surface area contributed by atoms with Crippen molar-refractivity contribution in [1.82, 2.24) is 10.5 Å². The first-order valence-corrected chi connectivity index (χ1v) is 9.23. The molecule has 0 bridgehead atoms. The Kier molecular flexibility index (Phi) is 6.92. The van der Waals surface area contributed by atoms with Crippen molar-refractivity contribution >= 4 is 5.91 Å². The highest BCUT2D eigenvalue weighted by Gasteiger charge is 2.10. The lowest BCUT2D eigenvalue weighted by molar-refractivity contribution is -0.126. The molecule has 0 saturated heterocycles. The molecule has 6 heteroatoms. The minimum absolute atomic E-state index is 0.0472. The average molecular weight is 382 g/mol. The first-order valence-electron chi connectivity index (χ1n) is 9.23. The van der Waals surface area contributed by atoms with Crippen molar-refractivity contribution in [3.05, 3.63) is 77.7 Å². The number of hydrogen-bond acceptors (Lipinski definition) is 4. The number of amides is 1. The molecule has 0 spiro atoms. The van der Waals surface area contributed by atoms with E-state index in [0.29, 0.717) is 11.5 Å². The van der Waals surface area contributed by atoms with Crippen LogP contribution in [0.15, 0.2) is 65.2 Å². The number of hydrogen-bond donors (Lipinski definition) is 1. The van der Waals surface area contributed by atoms with Gasteiger partial charge in [0.25, 0.3) is 0 Å². The van der Waals surface area contributed by atoms with E-state index in [1.54, 1.807) is 18.2 Å². The quantitative estimate of drug-likeness (QED) is 0.604. The minimum atomic E-state index is -0.309. The second-order valence-electron chi connectivity index (χ2n) is 6.68. The van der Waals surface area contributed by atoms with E-state index in [2.05, 4.69) is 22.6 Å². The molecule has 146 valence electrons. The van der Waals surface area contributed by atoms with Crippen LogP contribution in [0.4, 0.5) is 4.39 Å². The standard InChI is InChI=1S/C22H23FN2O3/c1-16(7-8-17-5-3-2-4-6-17)24-22(26)15-27-14-20-13-21(28-25-20)18-9-11-19(23)12-10-18/h2-6,9-13,16H,7-8,14-15H2,1H3,(H,24,26). The molecule has 5 nitrogen and oxygen atoms in total. The molecule has 3 rings (SSSR count). The van der Waals surface area contributed by atoms with Gasteiger partial charge in [0.15, 0.2) is 5.76 Å². The fraction of sp³-hybridized carbons (Fsp3) is 0.273. The van der Waals surface area contributed by atoms with Gasteiger partial charge in [0.05, 0.1) is 6.61 Å². The summed E-state index contributed by atoms with van der Waals surface area (Å²) in [5.74, 6) is 0.0521. The number of carbonyl (C=O) groups excluding carboxylic acids is 1. The zero-order valence-electron chi connectivity index (χ0n) is 15.7. The molecular formula is C22H23FN2O3. The summed E-state index contributed by atoms with van der Waals surface area (Å²) in [6.07, 6.45) is 1.77. The van der Waals surface area contributed by atoms with Crippen LogP contribution in [-0.2, 0) is 22.6 Å². The van der Waals surface area contributed by atoms with Gasteiger partial charge in [0.2, 0.25) is 5.91 Å². The van der Waals surface area contributed by atoms with Crippen LogP contribution >= 0.6 is 0 Å². The monoisotopic (exact) mass is 382 g/mol. The third kappa shape index (κ3) is 6.03. The third-order valence-corrected chi connectivity index (χ3v) is 4.29. The number of rotatable bonds is 9. The highest BCUT2D eigenvalue weighted by Crippen LogP contribution is 2.20. The van der Waals surface area contributed by atoms with Crippen molar-refractivity contribution in [1.29, 1.82) is 0 Å². The molecule has 28 heavy (non-hydrogen) atoms. The van der Waals surface area contributed by atoms with Crippen molar-refractivity contribution in [3.8, 4) is 11.3 Å². The molecule has 0 radical (unpaired) electrons. The van der Waals surface area contributed by atoms with Crippen molar-refractivity contribution in [3.63, 3.8) is 0 Å². The number of aryl methyl sites for hydroxylation is 1. The number of halogens is 1. The molecule has 1 N–H and O–H groups in total. The van der Waals surface area contributed by atoms with Gasteiger partial charge in [0.1, 0.15) is 18.1 Å². The summed E-state index contributed by atoms with van der Waals surface area (Å²) in [4.78, 5) is 12.0. The van der Waals surface area contributed by atoms with Crippen LogP contribution in [0.5, 0.6) is 0 Å². The van der Waals surface area contributed by atoms with Gasteiger partial charge >= 0.3 is 0 Å². The van der Waals surface area contributed by atoms with E-state index in [9.17, 15) is 9.18 Å². The fourth-order valence-electron chi connectivity index (χ4n) is 2.79. The van der Waals surface area contributed by atoms with Gasteiger partial charge < -0.3 is 14.6 Å². The highest BCUT2D eigenvalue weighted by molar-refractivity contribution is 5.77. The molecule has 3 aromatic rings. The Balaban J connectivity index is 1.37. The summed E-state index contributed by atoms with van der Waals surface area (Å²) >= 11 is 0. The number of aromatic nitrogens is 1. The number of carbonyl (C=O) groups is 1. The predicted octanol–water partition coefficient (Wildman–Crippen LogP) is 4.13. The molecule has 0 aliphatic rings. The molecule has 2 aromatic carbocycles. The molecule has 0 saturated carbocycles. The number of benzene rings is 2. The maximum absolute atomic E-state index is 13.0. The largest absolute Gasteiger partial charge is 0.365 e. The summed E-state index contributed by atoms with van der Waals surface area (Å²) in [6.45, 7) is 2.10. The summed E-state index contributed by atoms with van der Waals surface area (Å²) in [7, 11) is 0. The van der Waals surface area contributed by atoms with E-state index < -0.39 is 0 Å². The summed E-state index contributed by atoms with van der Waals surface area (Å²) in [5.41, 5.74) is 2.55. The molecule has 0 aliphatic heterocycles. The van der Waals surface area contributed by atoms with Gasteiger partial charge in [0, 0.05) is 17.7 Å². The molecule has 1 atom stereocenters. The molecule has 1 unspecified atom stereocenters. The summed E-state index contributed by atoms with van der Waals surface area (Å²) in [6, 6.07) is 17.9. The summed E-state index contributed by atoms with van der Waals surface area (Å²) < 4.78 is 23.6. The van der Waals surface area contributed by atoms with Gasteiger partial charge in [-0.3, -0.25) is 4.79 Å². The van der Waals surface area contributed by atoms with E-state index in [1.165, 1.54) is 17.7 Å². The summed E-state index contributed by atoms with van der Waals surface area (Å²) in [5, 5.41) is 6.84. The van der Waals surface area contributed by atoms with E-state index in [-0.39, 0.29) is 31.0 Å². The van der Waals surface area contributed by atoms with Crippen molar-refractivity contribution in [2.45, 2.75) is 32.4 Å². The van der Waals surface area contributed by atoms with Crippen LogP contribution in [0.2, 0.25) is 0 Å². The number of nitrogens with one attached hydrogen (secondary N) is 1. The normalized spacial score (nSPS) is 11.9. The zero-order valence-corrected chi connectivity index (χ0v) is 15.7. The molecule has 1 aromatic heterocycles. The maximum Gasteiger partial charge on any atom is 0.246 e. The molecule has 0 fully saturated rings. The second kappa shape index (κ2) is 9.80. The minimum Gasteiger partial charge on any atom is -0.365 e. The van der Waals surface area contributed by atoms with E-state index in [4.69, 9.17) is 9.26 Å². The van der Waals surface area contributed by atoms with Gasteiger partial charge in [-0.1, -0.05) is 35.5 Å². The number of nitrogens with zero attached hydrogens (tertiary/aromatic N) is 1. The lowest BCUT2D eigenvalue weighted by atomic mass is 10.1. The SMILES string of the molecule is CC(CCc1ccccc1)NC(=O)COCc1cc(-c2ccc(F)cc2)on1. The first-order chi connectivity index (χ1) is 13.6. The van der Waals surface area contributed by atoms with Gasteiger partial charge in [-0.25, -0.2) is 4.39 Å². The van der Waals surface area contributed by atoms with E-state index in [1.807, 2.05) is 25.1 Å². The van der Waals surface area contributed by atoms with Crippen LogP contribution in [0.25, 0.3) is 11.3 Å². The lowest BCUT2D eigenvalue weighted by Gasteiger charge is -2.13. The second-order valence-corrected chi connectivity index (χ2v) is 6.68.